The van der Waals surface area contributed by atoms with Crippen molar-refractivity contribution in [1.82, 2.24) is 9.88 Å². The average Bonchev–Trinajstić information content (AvgIpc) is 2.81. The fourth-order valence-electron chi connectivity index (χ4n) is 3.81. The van der Waals surface area contributed by atoms with Crippen LogP contribution in [0.3, 0.4) is 0 Å². The van der Waals surface area contributed by atoms with Crippen LogP contribution in [0, 0.1) is 0 Å². The van der Waals surface area contributed by atoms with Gasteiger partial charge in [0.15, 0.2) is 5.96 Å². The molecule has 22 heavy (non-hydrogen) atoms. The highest BCUT2D eigenvalue weighted by Crippen LogP contribution is 2.38. The van der Waals surface area contributed by atoms with E-state index in [1.165, 1.54) is 22.3 Å². The van der Waals surface area contributed by atoms with Gasteiger partial charge in [-0.1, -0.05) is 24.3 Å². The Kier molecular flexibility index (Phi) is 2.93. The zero-order valence-corrected chi connectivity index (χ0v) is 12.8. The van der Waals surface area contributed by atoms with Crippen molar-refractivity contribution < 1.29 is 0 Å². The van der Waals surface area contributed by atoms with Gasteiger partial charge in [-0.2, -0.15) is 0 Å². The monoisotopic (exact) mass is 292 g/mol. The molecule has 1 atom stereocenters. The van der Waals surface area contributed by atoms with Gasteiger partial charge in [0.2, 0.25) is 0 Å². The van der Waals surface area contributed by atoms with Crippen LogP contribution in [0.4, 0.5) is 0 Å². The summed E-state index contributed by atoms with van der Waals surface area (Å²) in [7, 11) is 2.02. The van der Waals surface area contributed by atoms with E-state index in [0.717, 1.165) is 25.8 Å². The number of pyridine rings is 1. The molecule has 1 aliphatic carbocycles. The molecule has 0 amide bonds. The molecular formula is C18H20N4. The minimum absolute atomic E-state index is 0.0284. The number of fused-ring (bicyclic) bond motifs is 1. The number of nitrogens with zero attached hydrogens (tertiary/aromatic N) is 3. The summed E-state index contributed by atoms with van der Waals surface area (Å²) < 4.78 is 0. The molecule has 1 aliphatic heterocycles. The van der Waals surface area contributed by atoms with Crippen molar-refractivity contribution in [2.45, 2.75) is 24.8 Å². The highest BCUT2D eigenvalue weighted by molar-refractivity contribution is 5.80. The molecule has 2 aromatic rings. The zero-order valence-electron chi connectivity index (χ0n) is 12.8. The summed E-state index contributed by atoms with van der Waals surface area (Å²) in [5.74, 6) is 0.673. The second-order valence-corrected chi connectivity index (χ2v) is 6.41. The molecule has 0 bridgehead atoms. The summed E-state index contributed by atoms with van der Waals surface area (Å²) in [5, 5.41) is 0. The lowest BCUT2D eigenvalue weighted by atomic mass is 9.76. The van der Waals surface area contributed by atoms with E-state index >= 15 is 0 Å². The van der Waals surface area contributed by atoms with Crippen LogP contribution in [-0.4, -0.2) is 35.0 Å². The molecule has 0 saturated carbocycles. The molecule has 2 aliphatic rings. The van der Waals surface area contributed by atoms with Gasteiger partial charge in [0, 0.05) is 31.5 Å². The number of aromatic nitrogens is 1. The smallest absolute Gasteiger partial charge is 0.191 e. The first-order valence-corrected chi connectivity index (χ1v) is 7.75. The molecule has 1 aromatic heterocycles. The van der Waals surface area contributed by atoms with Crippen LogP contribution in [0.1, 0.15) is 17.5 Å². The summed E-state index contributed by atoms with van der Waals surface area (Å²) in [6.07, 6.45) is 6.84. The Hall–Kier alpha value is -2.36. The molecule has 2 heterocycles. The Bertz CT molecular complexity index is 738. The number of nitrogens with two attached hydrogens (primary N) is 1. The number of hydrogen-bond acceptors (Lipinski definition) is 4. The van der Waals surface area contributed by atoms with E-state index in [1.54, 1.807) is 0 Å². The van der Waals surface area contributed by atoms with Crippen molar-refractivity contribution in [3.63, 3.8) is 0 Å². The maximum Gasteiger partial charge on any atom is 0.191 e. The minimum Gasteiger partial charge on any atom is -0.370 e. The zero-order chi connectivity index (χ0) is 15.2. The van der Waals surface area contributed by atoms with Gasteiger partial charge < -0.3 is 10.6 Å². The predicted octanol–water partition coefficient (Wildman–Crippen LogP) is 2.24. The summed E-state index contributed by atoms with van der Waals surface area (Å²) in [6, 6.07) is 10.7. The number of rotatable bonds is 1. The van der Waals surface area contributed by atoms with Crippen LogP contribution < -0.4 is 5.73 Å². The third kappa shape index (κ3) is 2.06. The Morgan fingerprint density at radius 2 is 2.14 bits per heavy atom. The molecule has 4 nitrogen and oxygen atoms in total. The van der Waals surface area contributed by atoms with Crippen LogP contribution in [0.25, 0.3) is 11.1 Å². The van der Waals surface area contributed by atoms with Crippen LogP contribution in [0.5, 0.6) is 0 Å². The largest absolute Gasteiger partial charge is 0.370 e. The number of likely N-dealkylation sites (N-methyl/N-ethyl adjacent to an activating group) is 1. The molecule has 2 N–H and O–H groups in total. The summed E-state index contributed by atoms with van der Waals surface area (Å²) in [4.78, 5) is 11.1. The maximum atomic E-state index is 5.99. The van der Waals surface area contributed by atoms with Gasteiger partial charge in [-0.15, -0.1) is 0 Å². The van der Waals surface area contributed by atoms with E-state index in [2.05, 4.69) is 34.1 Å². The molecule has 4 heteroatoms. The van der Waals surface area contributed by atoms with E-state index < -0.39 is 0 Å². The molecule has 0 radical (unpaired) electrons. The molecule has 1 aromatic carbocycles. The van der Waals surface area contributed by atoms with E-state index in [-0.39, 0.29) is 5.54 Å². The van der Waals surface area contributed by atoms with Crippen molar-refractivity contribution in [2.24, 2.45) is 10.7 Å². The minimum atomic E-state index is -0.0284. The third-order valence-corrected chi connectivity index (χ3v) is 4.88. The Morgan fingerprint density at radius 3 is 2.86 bits per heavy atom. The summed E-state index contributed by atoms with van der Waals surface area (Å²) >= 11 is 0. The maximum absolute atomic E-state index is 5.99. The SMILES string of the molecule is CN1C[C@@]2(CCc3c(cccc3-c3cccnc3)C2)N=C1N. The summed E-state index contributed by atoms with van der Waals surface area (Å²) in [6.45, 7) is 0.926. The first kappa shape index (κ1) is 13.3. The topological polar surface area (TPSA) is 54.5 Å². The Labute approximate surface area is 130 Å². The molecule has 0 fully saturated rings. The quantitative estimate of drug-likeness (QED) is 0.877. The second-order valence-electron chi connectivity index (χ2n) is 6.41. The lowest BCUT2D eigenvalue weighted by Crippen LogP contribution is -2.39. The molecule has 0 unspecified atom stereocenters. The van der Waals surface area contributed by atoms with Crippen LogP contribution in [0.2, 0.25) is 0 Å². The van der Waals surface area contributed by atoms with Gasteiger partial charge in [-0.25, -0.2) is 4.99 Å². The number of guanidine groups is 1. The highest BCUT2D eigenvalue weighted by atomic mass is 15.3. The van der Waals surface area contributed by atoms with Gasteiger partial charge in [-0.05, 0) is 42.0 Å². The van der Waals surface area contributed by atoms with Gasteiger partial charge in [0.25, 0.3) is 0 Å². The van der Waals surface area contributed by atoms with Crippen molar-refractivity contribution in [3.8, 4) is 11.1 Å². The molecule has 112 valence electrons. The normalized spacial score (nSPS) is 23.5. The first-order chi connectivity index (χ1) is 10.7. The first-order valence-electron chi connectivity index (χ1n) is 7.75. The highest BCUT2D eigenvalue weighted by Gasteiger charge is 2.40. The van der Waals surface area contributed by atoms with Gasteiger partial charge in [0.1, 0.15) is 0 Å². The summed E-state index contributed by atoms with van der Waals surface area (Å²) in [5.41, 5.74) is 11.3. The fourth-order valence-corrected chi connectivity index (χ4v) is 3.81. The van der Waals surface area contributed by atoms with E-state index in [9.17, 15) is 0 Å². The van der Waals surface area contributed by atoms with Crippen molar-refractivity contribution >= 4 is 5.96 Å². The molecule has 1 spiro atoms. The van der Waals surface area contributed by atoms with Crippen molar-refractivity contribution in [2.75, 3.05) is 13.6 Å². The van der Waals surface area contributed by atoms with E-state index in [1.807, 2.05) is 25.5 Å². The predicted molar refractivity (Wildman–Crippen MR) is 88.7 cm³/mol. The van der Waals surface area contributed by atoms with Gasteiger partial charge in [0.05, 0.1) is 5.54 Å². The standard InChI is InChI=1S/C18H20N4/c1-22-12-18(21-17(22)19)8-7-16-13(10-18)4-2-6-15(16)14-5-3-9-20-11-14/h2-6,9,11H,7-8,10,12H2,1H3,(H2,19,21)/t18-/m0/s1. The van der Waals surface area contributed by atoms with Gasteiger partial charge in [-0.3, -0.25) is 4.98 Å². The number of benzene rings is 1. The van der Waals surface area contributed by atoms with Gasteiger partial charge >= 0.3 is 0 Å². The molecule has 4 rings (SSSR count). The fraction of sp³-hybridized carbons (Fsp3) is 0.333. The average molecular weight is 292 g/mol. The third-order valence-electron chi connectivity index (χ3n) is 4.88. The molecular weight excluding hydrogens is 272 g/mol. The second kappa shape index (κ2) is 4.83. The van der Waals surface area contributed by atoms with Crippen molar-refractivity contribution in [1.29, 1.82) is 0 Å². The number of hydrogen-bond donors (Lipinski definition) is 1. The van der Waals surface area contributed by atoms with E-state index in [0.29, 0.717) is 5.96 Å². The lowest BCUT2D eigenvalue weighted by Gasteiger charge is -2.33. The van der Waals surface area contributed by atoms with Crippen molar-refractivity contribution in [3.05, 3.63) is 53.9 Å². The number of aliphatic imine (C=N–C) groups is 1. The van der Waals surface area contributed by atoms with E-state index in [4.69, 9.17) is 10.7 Å². The van der Waals surface area contributed by atoms with Crippen LogP contribution in [-0.2, 0) is 12.8 Å². The molecule has 0 saturated heterocycles. The van der Waals surface area contributed by atoms with Crippen LogP contribution in [0.15, 0.2) is 47.7 Å². The Morgan fingerprint density at radius 1 is 1.23 bits per heavy atom. The lowest BCUT2D eigenvalue weighted by molar-refractivity contribution is 0.335. The van der Waals surface area contributed by atoms with Crippen LogP contribution >= 0.6 is 0 Å². The Balaban J connectivity index is 1.74.